The van der Waals surface area contributed by atoms with E-state index in [9.17, 15) is 0 Å². The Morgan fingerprint density at radius 2 is 1.78 bits per heavy atom. The Bertz CT molecular complexity index is 106. The largest absolute Gasteiger partial charge is 0.309 e. The van der Waals surface area contributed by atoms with Gasteiger partial charge in [0.1, 0.15) is 0 Å². The van der Waals surface area contributed by atoms with Crippen LogP contribution in [0.25, 0.3) is 0 Å². The third-order valence-corrected chi connectivity index (χ3v) is 2.75. The van der Waals surface area contributed by atoms with E-state index in [1.807, 2.05) is 0 Å². The van der Waals surface area contributed by atoms with Crippen molar-refractivity contribution in [2.75, 3.05) is 13.1 Å². The number of hydrogen-bond acceptors (Lipinski definition) is 2. The molecule has 0 aromatic carbocycles. The lowest BCUT2D eigenvalue weighted by Gasteiger charge is -2.27. The number of nitrogens with zero attached hydrogens (tertiary/aromatic N) is 1. The van der Waals surface area contributed by atoms with E-state index in [0.717, 1.165) is 12.1 Å². The van der Waals surface area contributed by atoms with Gasteiger partial charge >= 0.3 is 0 Å². The molecular formula is C6H11BrN2. The SMILES string of the molecule is BrN1CC2CCC(C1)N2. The summed E-state index contributed by atoms with van der Waals surface area (Å²) in [5.41, 5.74) is 0. The van der Waals surface area contributed by atoms with Crippen molar-refractivity contribution in [1.82, 2.24) is 9.24 Å². The van der Waals surface area contributed by atoms with Crippen molar-refractivity contribution in [3.05, 3.63) is 0 Å². The molecule has 0 aliphatic carbocycles. The first-order valence-corrected chi connectivity index (χ1v) is 4.22. The number of hydrogen-bond donors (Lipinski definition) is 1. The van der Waals surface area contributed by atoms with Crippen LogP contribution >= 0.6 is 16.1 Å². The van der Waals surface area contributed by atoms with Crippen LogP contribution in [0.1, 0.15) is 12.8 Å². The molecule has 0 aromatic rings. The average Bonchev–Trinajstić information content (AvgIpc) is 2.11. The van der Waals surface area contributed by atoms with E-state index in [0.29, 0.717) is 0 Å². The van der Waals surface area contributed by atoms with Gasteiger partial charge in [-0.15, -0.1) is 0 Å². The fourth-order valence-corrected chi connectivity index (χ4v) is 2.44. The van der Waals surface area contributed by atoms with Crippen LogP contribution in [0.5, 0.6) is 0 Å². The molecule has 52 valence electrons. The summed E-state index contributed by atoms with van der Waals surface area (Å²) in [6.45, 7) is 2.35. The number of nitrogens with one attached hydrogen (secondary N) is 1. The van der Waals surface area contributed by atoms with Crippen LogP contribution in [0, 0.1) is 0 Å². The summed E-state index contributed by atoms with van der Waals surface area (Å²) in [6, 6.07) is 1.53. The van der Waals surface area contributed by atoms with E-state index in [1.54, 1.807) is 0 Å². The highest BCUT2D eigenvalue weighted by Crippen LogP contribution is 2.21. The molecule has 9 heavy (non-hydrogen) atoms. The monoisotopic (exact) mass is 190 g/mol. The maximum absolute atomic E-state index is 3.55. The molecule has 2 atom stereocenters. The number of piperazine rings is 1. The molecule has 2 fully saturated rings. The van der Waals surface area contributed by atoms with Crippen LogP contribution in [-0.4, -0.2) is 29.1 Å². The summed E-state index contributed by atoms with van der Waals surface area (Å²) in [5.74, 6) is 0. The first-order valence-electron chi connectivity index (χ1n) is 3.51. The molecule has 2 aliphatic heterocycles. The molecule has 2 unspecified atom stereocenters. The van der Waals surface area contributed by atoms with Crippen molar-refractivity contribution in [2.45, 2.75) is 24.9 Å². The van der Waals surface area contributed by atoms with E-state index >= 15 is 0 Å². The zero-order valence-electron chi connectivity index (χ0n) is 5.31. The van der Waals surface area contributed by atoms with Crippen LogP contribution < -0.4 is 5.32 Å². The van der Waals surface area contributed by atoms with Crippen molar-refractivity contribution in [3.63, 3.8) is 0 Å². The van der Waals surface area contributed by atoms with Gasteiger partial charge in [0.25, 0.3) is 0 Å². The Kier molecular flexibility index (Phi) is 1.51. The average molecular weight is 191 g/mol. The number of rotatable bonds is 0. The van der Waals surface area contributed by atoms with Crippen molar-refractivity contribution in [2.24, 2.45) is 0 Å². The Morgan fingerprint density at radius 1 is 1.22 bits per heavy atom. The fourth-order valence-electron chi connectivity index (χ4n) is 1.74. The second kappa shape index (κ2) is 2.22. The summed E-state index contributed by atoms with van der Waals surface area (Å²) in [5, 5.41) is 3.55. The highest BCUT2D eigenvalue weighted by Gasteiger charge is 2.30. The highest BCUT2D eigenvalue weighted by atomic mass is 79.9. The molecule has 1 N–H and O–H groups in total. The normalized spacial score (nSPS) is 43.7. The molecule has 0 saturated carbocycles. The first-order chi connectivity index (χ1) is 4.34. The minimum atomic E-state index is 0.767. The van der Waals surface area contributed by atoms with Crippen molar-refractivity contribution < 1.29 is 0 Å². The maximum atomic E-state index is 3.55. The van der Waals surface area contributed by atoms with Crippen molar-refractivity contribution in [1.29, 1.82) is 0 Å². The molecule has 0 spiro atoms. The Hall–Kier alpha value is 0.400. The van der Waals surface area contributed by atoms with Gasteiger partial charge in [0.15, 0.2) is 0 Å². The molecule has 2 saturated heterocycles. The van der Waals surface area contributed by atoms with E-state index in [-0.39, 0.29) is 0 Å². The third kappa shape index (κ3) is 1.14. The van der Waals surface area contributed by atoms with Crippen LogP contribution in [0.4, 0.5) is 0 Å². The predicted octanol–water partition coefficient (Wildman–Crippen LogP) is 0.732. The second-order valence-electron chi connectivity index (χ2n) is 2.97. The van der Waals surface area contributed by atoms with E-state index < -0.39 is 0 Å². The van der Waals surface area contributed by atoms with Gasteiger partial charge < -0.3 is 5.32 Å². The third-order valence-electron chi connectivity index (χ3n) is 2.17. The van der Waals surface area contributed by atoms with Gasteiger partial charge in [-0.1, -0.05) is 0 Å². The topological polar surface area (TPSA) is 15.3 Å². The molecule has 0 aromatic heterocycles. The fraction of sp³-hybridized carbons (Fsp3) is 1.00. The van der Waals surface area contributed by atoms with Crippen molar-refractivity contribution >= 4 is 16.1 Å². The van der Waals surface area contributed by atoms with E-state index in [2.05, 4.69) is 25.4 Å². The second-order valence-corrected chi connectivity index (χ2v) is 3.97. The molecule has 3 heteroatoms. The van der Waals surface area contributed by atoms with Crippen LogP contribution in [-0.2, 0) is 0 Å². The summed E-state index contributed by atoms with van der Waals surface area (Å²) >= 11 is 3.50. The molecule has 2 heterocycles. The van der Waals surface area contributed by atoms with Gasteiger partial charge in [-0.05, 0) is 12.8 Å². The zero-order valence-corrected chi connectivity index (χ0v) is 6.89. The summed E-state index contributed by atoms with van der Waals surface area (Å²) in [6.07, 6.45) is 2.74. The molecule has 2 rings (SSSR count). The van der Waals surface area contributed by atoms with Crippen LogP contribution in [0.15, 0.2) is 0 Å². The van der Waals surface area contributed by atoms with E-state index in [4.69, 9.17) is 0 Å². The minimum absolute atomic E-state index is 0.767. The Labute approximate surface area is 63.9 Å². The lowest BCUT2D eigenvalue weighted by Crippen LogP contribution is -2.47. The van der Waals surface area contributed by atoms with E-state index in [1.165, 1.54) is 25.9 Å². The molecule has 0 radical (unpaired) electrons. The highest BCUT2D eigenvalue weighted by molar-refractivity contribution is 9.07. The molecule has 2 aliphatic rings. The Balaban J connectivity index is 2.03. The summed E-state index contributed by atoms with van der Waals surface area (Å²) < 4.78 is 2.24. The van der Waals surface area contributed by atoms with Gasteiger partial charge in [0.05, 0.1) is 0 Å². The first kappa shape index (κ1) is 6.13. The lowest BCUT2D eigenvalue weighted by molar-refractivity contribution is 0.328. The van der Waals surface area contributed by atoms with Crippen LogP contribution in [0.3, 0.4) is 0 Å². The van der Waals surface area contributed by atoms with Gasteiger partial charge in [-0.2, -0.15) is 0 Å². The van der Waals surface area contributed by atoms with Gasteiger partial charge in [0, 0.05) is 41.3 Å². The summed E-state index contributed by atoms with van der Waals surface area (Å²) in [4.78, 5) is 0. The smallest absolute Gasteiger partial charge is 0.0247 e. The molecule has 2 bridgehead atoms. The maximum Gasteiger partial charge on any atom is 0.0247 e. The van der Waals surface area contributed by atoms with Gasteiger partial charge in [-0.3, -0.25) is 0 Å². The minimum Gasteiger partial charge on any atom is -0.309 e. The van der Waals surface area contributed by atoms with Crippen LogP contribution in [0.2, 0.25) is 0 Å². The van der Waals surface area contributed by atoms with Crippen molar-refractivity contribution in [3.8, 4) is 0 Å². The molecule has 0 amide bonds. The molecular weight excluding hydrogens is 180 g/mol. The zero-order chi connectivity index (χ0) is 6.27. The predicted molar refractivity (Wildman–Crippen MR) is 40.4 cm³/mol. The quantitative estimate of drug-likeness (QED) is 0.568. The Morgan fingerprint density at radius 3 is 2.33 bits per heavy atom. The molecule has 2 nitrogen and oxygen atoms in total. The lowest BCUT2D eigenvalue weighted by atomic mass is 10.2. The standard InChI is InChI=1S/C6H11BrN2/c7-9-3-5-1-2-6(4-9)8-5/h5-6,8H,1-4H2. The van der Waals surface area contributed by atoms with Gasteiger partial charge in [0.2, 0.25) is 0 Å². The number of halogens is 1. The van der Waals surface area contributed by atoms with Gasteiger partial charge in [-0.25, -0.2) is 3.93 Å². The number of fused-ring (bicyclic) bond motifs is 2. The summed E-state index contributed by atoms with van der Waals surface area (Å²) in [7, 11) is 0.